The van der Waals surface area contributed by atoms with Gasteiger partial charge in [-0.3, -0.25) is 0 Å². The zero-order valence-corrected chi connectivity index (χ0v) is 14.7. The van der Waals surface area contributed by atoms with E-state index in [0.29, 0.717) is 18.0 Å². The third kappa shape index (κ3) is 3.68. The molecule has 3 aromatic rings. The maximum Gasteiger partial charge on any atom is 0.416 e. The number of nitrogens with zero attached hydrogens (tertiary/aromatic N) is 4. The fourth-order valence-electron chi connectivity index (χ4n) is 2.80. The molecule has 4 rings (SSSR count). The van der Waals surface area contributed by atoms with Gasteiger partial charge in [0.25, 0.3) is 0 Å². The number of alkyl halides is 3. The van der Waals surface area contributed by atoms with Crippen molar-refractivity contribution in [2.24, 2.45) is 5.16 Å². The third-order valence-electron chi connectivity index (χ3n) is 4.28. The minimum Gasteiger partial charge on any atom is -0.457 e. The first kappa shape index (κ1) is 18.0. The van der Waals surface area contributed by atoms with Gasteiger partial charge in [-0.2, -0.15) is 23.4 Å². The highest BCUT2D eigenvalue weighted by molar-refractivity contribution is 5.83. The maximum absolute atomic E-state index is 12.9. The zero-order chi connectivity index (χ0) is 19.7. The van der Waals surface area contributed by atoms with Crippen LogP contribution in [0.25, 0.3) is 0 Å². The van der Waals surface area contributed by atoms with E-state index >= 15 is 0 Å². The first-order valence-electron chi connectivity index (χ1n) is 8.45. The summed E-state index contributed by atoms with van der Waals surface area (Å²) in [5.74, 6) is 1.13. The summed E-state index contributed by atoms with van der Waals surface area (Å²) < 4.78 is 44.5. The van der Waals surface area contributed by atoms with E-state index in [0.717, 1.165) is 23.3 Å². The molecule has 0 N–H and O–H groups in total. The Hall–Kier alpha value is -3.36. The van der Waals surface area contributed by atoms with Gasteiger partial charge in [0.05, 0.1) is 24.4 Å². The Kier molecular flexibility index (Phi) is 4.50. The van der Waals surface area contributed by atoms with E-state index in [-0.39, 0.29) is 11.9 Å². The van der Waals surface area contributed by atoms with E-state index in [1.807, 2.05) is 19.1 Å². The molecule has 1 aliphatic heterocycles. The van der Waals surface area contributed by atoms with Crippen LogP contribution in [0.3, 0.4) is 0 Å². The van der Waals surface area contributed by atoms with Crippen LogP contribution < -0.4 is 4.74 Å². The normalized spacial score (nSPS) is 16.6. The van der Waals surface area contributed by atoms with Gasteiger partial charge >= 0.3 is 6.18 Å². The van der Waals surface area contributed by atoms with Crippen LogP contribution in [0, 0.1) is 6.92 Å². The number of rotatable bonds is 3. The molecule has 0 amide bonds. The molecule has 6 nitrogen and oxygen atoms in total. The second-order valence-corrected chi connectivity index (χ2v) is 6.28. The third-order valence-corrected chi connectivity index (χ3v) is 4.28. The first-order chi connectivity index (χ1) is 13.4. The molecule has 1 unspecified atom stereocenters. The summed E-state index contributed by atoms with van der Waals surface area (Å²) in [6.45, 7) is 1.82. The van der Waals surface area contributed by atoms with Crippen LogP contribution in [0.2, 0.25) is 0 Å². The number of benzene rings is 2. The highest BCUT2D eigenvalue weighted by atomic mass is 19.4. The molecular formula is C19H15F3N4O2. The molecule has 1 aliphatic rings. The number of oxime groups is 1. The summed E-state index contributed by atoms with van der Waals surface area (Å²) in [6.07, 6.45) is -1.24. The summed E-state index contributed by atoms with van der Waals surface area (Å²) >= 11 is 0. The van der Waals surface area contributed by atoms with E-state index in [1.54, 1.807) is 18.5 Å². The lowest BCUT2D eigenvalue weighted by Crippen LogP contribution is -2.13. The summed E-state index contributed by atoms with van der Waals surface area (Å²) in [5.41, 5.74) is 0.815. The Balaban J connectivity index is 1.54. The van der Waals surface area contributed by atoms with Crippen LogP contribution in [0.5, 0.6) is 11.5 Å². The van der Waals surface area contributed by atoms with Gasteiger partial charge in [0, 0.05) is 0 Å². The van der Waals surface area contributed by atoms with Crippen molar-refractivity contribution < 1.29 is 22.7 Å². The summed E-state index contributed by atoms with van der Waals surface area (Å²) in [6, 6.07) is 10.2. The van der Waals surface area contributed by atoms with E-state index in [4.69, 9.17) is 9.57 Å². The maximum atomic E-state index is 12.9. The molecule has 1 atom stereocenters. The van der Waals surface area contributed by atoms with Crippen molar-refractivity contribution in [1.29, 1.82) is 0 Å². The molecule has 144 valence electrons. The molecule has 2 heterocycles. The van der Waals surface area contributed by atoms with E-state index in [2.05, 4.69) is 15.4 Å². The average molecular weight is 388 g/mol. The summed E-state index contributed by atoms with van der Waals surface area (Å²) in [4.78, 5) is 6.85. The number of hydrogen-bond acceptors (Lipinski definition) is 5. The zero-order valence-electron chi connectivity index (χ0n) is 14.7. The second-order valence-electron chi connectivity index (χ2n) is 6.28. The van der Waals surface area contributed by atoms with Crippen LogP contribution >= 0.6 is 0 Å². The summed E-state index contributed by atoms with van der Waals surface area (Å²) in [7, 11) is 0. The smallest absolute Gasteiger partial charge is 0.416 e. The molecule has 0 saturated carbocycles. The molecule has 0 spiro atoms. The van der Waals surface area contributed by atoms with Crippen LogP contribution in [0.4, 0.5) is 13.2 Å². The molecule has 0 aliphatic carbocycles. The van der Waals surface area contributed by atoms with Crippen molar-refractivity contribution in [3.05, 3.63) is 71.5 Å². The first-order valence-corrected chi connectivity index (χ1v) is 8.45. The van der Waals surface area contributed by atoms with Gasteiger partial charge in [0.2, 0.25) is 0 Å². The highest BCUT2D eigenvalue weighted by Crippen LogP contribution is 2.35. The predicted molar refractivity (Wildman–Crippen MR) is 94.0 cm³/mol. The van der Waals surface area contributed by atoms with Crippen LogP contribution in [0.15, 0.2) is 60.0 Å². The van der Waals surface area contributed by atoms with Gasteiger partial charge < -0.3 is 9.57 Å². The SMILES string of the molecule is Cc1ccc(C2CC(n3nccn3)=NO2)cc1Oc1cccc(C(F)(F)F)c1. The van der Waals surface area contributed by atoms with Crippen LogP contribution in [-0.2, 0) is 11.0 Å². The monoisotopic (exact) mass is 388 g/mol. The van der Waals surface area contributed by atoms with E-state index < -0.39 is 11.7 Å². The van der Waals surface area contributed by atoms with Crippen molar-refractivity contribution in [3.8, 4) is 11.5 Å². The number of aromatic nitrogens is 3. The topological polar surface area (TPSA) is 61.5 Å². The fraction of sp³-hybridized carbons (Fsp3) is 0.211. The molecule has 28 heavy (non-hydrogen) atoms. The Morgan fingerprint density at radius 2 is 1.89 bits per heavy atom. The molecule has 0 fully saturated rings. The lowest BCUT2D eigenvalue weighted by molar-refractivity contribution is -0.137. The van der Waals surface area contributed by atoms with Crippen molar-refractivity contribution in [2.75, 3.05) is 0 Å². The number of ether oxygens (including phenoxy) is 1. The van der Waals surface area contributed by atoms with Crippen LogP contribution in [0.1, 0.15) is 29.2 Å². The van der Waals surface area contributed by atoms with Crippen molar-refractivity contribution in [3.63, 3.8) is 0 Å². The highest BCUT2D eigenvalue weighted by Gasteiger charge is 2.31. The molecule has 0 radical (unpaired) electrons. The minimum atomic E-state index is -4.43. The Bertz CT molecular complexity index is 1020. The van der Waals surface area contributed by atoms with Crippen molar-refractivity contribution in [2.45, 2.75) is 25.6 Å². The molecule has 2 aromatic carbocycles. The van der Waals surface area contributed by atoms with Gasteiger partial charge in [-0.25, -0.2) is 0 Å². The molecule has 0 saturated heterocycles. The fourth-order valence-corrected chi connectivity index (χ4v) is 2.80. The lowest BCUT2D eigenvalue weighted by Gasteiger charge is -2.14. The molecular weight excluding hydrogens is 373 g/mol. The van der Waals surface area contributed by atoms with Gasteiger partial charge in [-0.1, -0.05) is 23.4 Å². The number of aryl methyl sites for hydroxylation is 1. The molecule has 9 heteroatoms. The van der Waals surface area contributed by atoms with Crippen molar-refractivity contribution >= 4 is 5.84 Å². The quantitative estimate of drug-likeness (QED) is 0.651. The number of hydrogen-bond donors (Lipinski definition) is 0. The standard InChI is InChI=1S/C19H15F3N4O2/c1-12-5-6-13(17-11-18(25-28-17)26-23-7-8-24-26)9-16(12)27-15-4-2-3-14(10-15)19(20,21)22/h2-10,17H,11H2,1H3. The lowest BCUT2D eigenvalue weighted by atomic mass is 10.0. The van der Waals surface area contributed by atoms with Gasteiger partial charge in [-0.15, -0.1) is 4.80 Å². The van der Waals surface area contributed by atoms with Crippen LogP contribution in [-0.4, -0.2) is 20.8 Å². The molecule has 0 bridgehead atoms. The van der Waals surface area contributed by atoms with E-state index in [1.165, 1.54) is 16.9 Å². The van der Waals surface area contributed by atoms with Gasteiger partial charge in [0.1, 0.15) is 11.5 Å². The number of halogens is 3. The largest absolute Gasteiger partial charge is 0.457 e. The second kappa shape index (κ2) is 6.99. The van der Waals surface area contributed by atoms with Gasteiger partial charge in [0.15, 0.2) is 11.9 Å². The molecule has 1 aromatic heterocycles. The average Bonchev–Trinajstić information content (AvgIpc) is 3.34. The summed E-state index contributed by atoms with van der Waals surface area (Å²) in [5, 5.41) is 12.0. The van der Waals surface area contributed by atoms with Gasteiger partial charge in [-0.05, 0) is 42.3 Å². The minimum absolute atomic E-state index is 0.111. The van der Waals surface area contributed by atoms with Crippen molar-refractivity contribution in [1.82, 2.24) is 15.0 Å². The van der Waals surface area contributed by atoms with E-state index in [9.17, 15) is 13.2 Å². The Morgan fingerprint density at radius 1 is 1.11 bits per heavy atom. The Morgan fingerprint density at radius 3 is 2.64 bits per heavy atom. The Labute approximate surface area is 158 Å². The predicted octanol–water partition coefficient (Wildman–Crippen LogP) is 4.72.